The summed E-state index contributed by atoms with van der Waals surface area (Å²) >= 11 is 4.76. The fraction of sp³-hybridized carbons (Fsp3) is 0.556. The molecule has 7 heteroatoms. The van der Waals surface area contributed by atoms with Gasteiger partial charge in [-0.1, -0.05) is 0 Å². The average Bonchev–Trinajstić information content (AvgIpc) is 2.64. The Labute approximate surface area is 108 Å². The minimum absolute atomic E-state index is 0.317. The number of hydrogen-bond acceptors (Lipinski definition) is 5. The van der Waals surface area contributed by atoms with Crippen molar-refractivity contribution in [2.45, 2.75) is 19.6 Å². The zero-order chi connectivity index (χ0) is 12.2. The quantitative estimate of drug-likeness (QED) is 0.808. The first-order valence-electron chi connectivity index (χ1n) is 4.91. The van der Waals surface area contributed by atoms with Crippen molar-refractivity contribution in [3.63, 3.8) is 0 Å². The van der Waals surface area contributed by atoms with Gasteiger partial charge < -0.3 is 14.8 Å². The van der Waals surface area contributed by atoms with Crippen LogP contribution in [0.1, 0.15) is 24.5 Å². The Morgan fingerprint density at radius 2 is 2.06 bits per heavy atom. The van der Waals surface area contributed by atoms with E-state index >= 15 is 0 Å². The molecule has 1 rings (SSSR count). The van der Waals surface area contributed by atoms with Gasteiger partial charge in [0, 0.05) is 14.7 Å². The first-order valence-corrected chi connectivity index (χ1v) is 8.20. The Bertz CT molecular complexity index is 375. The van der Waals surface area contributed by atoms with Crippen molar-refractivity contribution in [1.82, 2.24) is 0 Å². The molecule has 0 amide bonds. The van der Waals surface area contributed by atoms with Crippen molar-refractivity contribution in [2.75, 3.05) is 13.2 Å². The van der Waals surface area contributed by atoms with Gasteiger partial charge in [-0.25, -0.2) is 0 Å². The number of hydrogen-bond donors (Lipinski definition) is 1. The third-order valence-electron chi connectivity index (χ3n) is 1.84. The predicted molar refractivity (Wildman–Crippen MR) is 69.8 cm³/mol. The highest BCUT2D eigenvalue weighted by atomic mass is 79.9. The van der Waals surface area contributed by atoms with Crippen LogP contribution in [0.5, 0.6) is 0 Å². The molecule has 2 N–H and O–H groups in total. The highest BCUT2D eigenvalue weighted by Crippen LogP contribution is 2.59. The van der Waals surface area contributed by atoms with Crippen molar-refractivity contribution < 1.29 is 13.6 Å². The summed E-state index contributed by atoms with van der Waals surface area (Å²) in [5.41, 5.74) is 5.94. The Balaban J connectivity index is 2.90. The molecule has 1 heterocycles. The van der Waals surface area contributed by atoms with E-state index in [4.69, 9.17) is 14.8 Å². The maximum Gasteiger partial charge on any atom is 0.352 e. The largest absolute Gasteiger partial charge is 0.352 e. The summed E-state index contributed by atoms with van der Waals surface area (Å²) in [6.45, 7) is 4.17. The molecule has 0 aromatic carbocycles. The minimum atomic E-state index is -3.25. The molecule has 1 aromatic heterocycles. The zero-order valence-corrected chi connectivity index (χ0v) is 12.5. The van der Waals surface area contributed by atoms with E-state index in [2.05, 4.69) is 15.9 Å². The number of nitrogens with two attached hydrogens (primary N) is 1. The van der Waals surface area contributed by atoms with Crippen LogP contribution in [0.2, 0.25) is 0 Å². The Morgan fingerprint density at radius 3 is 2.44 bits per heavy atom. The molecular formula is C9H15BrNO3PS. The molecule has 0 unspecified atom stereocenters. The molecular weight excluding hydrogens is 313 g/mol. The minimum Gasteiger partial charge on any atom is -0.313 e. The third-order valence-corrected chi connectivity index (χ3v) is 5.99. The molecule has 1 atom stereocenters. The summed E-state index contributed by atoms with van der Waals surface area (Å²) in [5.74, 6) is -0.719. The highest BCUT2D eigenvalue weighted by Gasteiger charge is 2.34. The van der Waals surface area contributed by atoms with Gasteiger partial charge in [0.15, 0.2) is 0 Å². The van der Waals surface area contributed by atoms with Gasteiger partial charge in [-0.3, -0.25) is 4.57 Å². The van der Waals surface area contributed by atoms with Gasteiger partial charge in [0.05, 0.1) is 13.2 Å². The molecule has 0 bridgehead atoms. The SMILES string of the molecule is CCOP(=O)(OCC)[C@H](N)c1cc(Br)cs1. The summed E-state index contributed by atoms with van der Waals surface area (Å²) in [6.07, 6.45) is 0. The molecule has 0 radical (unpaired) electrons. The van der Waals surface area contributed by atoms with Crippen molar-refractivity contribution in [3.8, 4) is 0 Å². The molecule has 0 aliphatic carbocycles. The van der Waals surface area contributed by atoms with Crippen molar-refractivity contribution >= 4 is 34.9 Å². The van der Waals surface area contributed by atoms with E-state index in [0.29, 0.717) is 13.2 Å². The van der Waals surface area contributed by atoms with E-state index in [0.717, 1.165) is 9.35 Å². The van der Waals surface area contributed by atoms with Crippen LogP contribution in [-0.2, 0) is 13.6 Å². The lowest BCUT2D eigenvalue weighted by Crippen LogP contribution is -2.13. The lowest BCUT2D eigenvalue weighted by Gasteiger charge is -2.22. The zero-order valence-electron chi connectivity index (χ0n) is 9.18. The summed E-state index contributed by atoms with van der Waals surface area (Å²) in [6, 6.07) is 1.83. The van der Waals surface area contributed by atoms with Gasteiger partial charge in [0.1, 0.15) is 5.78 Å². The first-order chi connectivity index (χ1) is 7.53. The highest BCUT2D eigenvalue weighted by molar-refractivity contribution is 9.10. The van der Waals surface area contributed by atoms with Crippen LogP contribution in [0.3, 0.4) is 0 Å². The maximum absolute atomic E-state index is 12.3. The first kappa shape index (κ1) is 14.4. The fourth-order valence-electron chi connectivity index (χ4n) is 1.20. The Kier molecular flexibility index (Phi) is 5.64. The Hall–Kier alpha value is 0.290. The van der Waals surface area contributed by atoms with Gasteiger partial charge in [-0.2, -0.15) is 0 Å². The Morgan fingerprint density at radius 1 is 1.50 bits per heavy atom. The monoisotopic (exact) mass is 327 g/mol. The average molecular weight is 328 g/mol. The molecule has 0 aliphatic heterocycles. The van der Waals surface area contributed by atoms with E-state index in [-0.39, 0.29) is 0 Å². The lowest BCUT2D eigenvalue weighted by atomic mass is 10.5. The van der Waals surface area contributed by atoms with Crippen LogP contribution >= 0.6 is 34.9 Å². The summed E-state index contributed by atoms with van der Waals surface area (Å²) in [7, 11) is -3.25. The van der Waals surface area contributed by atoms with Gasteiger partial charge in [0.25, 0.3) is 0 Å². The molecule has 0 saturated heterocycles. The summed E-state index contributed by atoms with van der Waals surface area (Å²) < 4.78 is 23.7. The molecule has 0 fully saturated rings. The number of halogens is 1. The molecule has 0 spiro atoms. The maximum atomic E-state index is 12.3. The smallest absolute Gasteiger partial charge is 0.313 e. The molecule has 0 aliphatic rings. The van der Waals surface area contributed by atoms with Crippen LogP contribution in [0.25, 0.3) is 0 Å². The van der Waals surface area contributed by atoms with Gasteiger partial charge in [-0.05, 0) is 35.8 Å². The summed E-state index contributed by atoms with van der Waals surface area (Å²) in [4.78, 5) is 0.789. The topological polar surface area (TPSA) is 61.5 Å². The molecule has 16 heavy (non-hydrogen) atoms. The molecule has 0 saturated carbocycles. The second-order valence-electron chi connectivity index (χ2n) is 2.99. The van der Waals surface area contributed by atoms with E-state index in [1.165, 1.54) is 11.3 Å². The van der Waals surface area contributed by atoms with Gasteiger partial charge in [-0.15, -0.1) is 11.3 Å². The van der Waals surface area contributed by atoms with Crippen LogP contribution < -0.4 is 5.73 Å². The second-order valence-corrected chi connectivity index (χ2v) is 7.00. The van der Waals surface area contributed by atoms with Crippen molar-refractivity contribution in [2.24, 2.45) is 5.73 Å². The standard InChI is InChI=1S/C9H15BrNO3PS/c1-3-13-15(12,14-4-2)9(11)8-5-7(10)6-16-8/h5-6,9H,3-4,11H2,1-2H3/t9-/m0/s1. The second kappa shape index (κ2) is 6.28. The van der Waals surface area contributed by atoms with Crippen LogP contribution in [0.4, 0.5) is 0 Å². The fourth-order valence-corrected chi connectivity index (χ4v) is 4.60. The van der Waals surface area contributed by atoms with Crippen molar-refractivity contribution in [3.05, 3.63) is 20.8 Å². The van der Waals surface area contributed by atoms with Gasteiger partial charge >= 0.3 is 7.60 Å². The van der Waals surface area contributed by atoms with Crippen LogP contribution in [-0.4, -0.2) is 13.2 Å². The number of thiophene rings is 1. The van der Waals surface area contributed by atoms with E-state index < -0.39 is 13.4 Å². The lowest BCUT2D eigenvalue weighted by molar-refractivity contribution is 0.212. The van der Waals surface area contributed by atoms with E-state index in [1.54, 1.807) is 13.8 Å². The predicted octanol–water partition coefficient (Wildman–Crippen LogP) is 3.73. The molecule has 1 aromatic rings. The molecule has 92 valence electrons. The van der Waals surface area contributed by atoms with Gasteiger partial charge in [0.2, 0.25) is 0 Å². The normalized spacial score (nSPS) is 14.0. The van der Waals surface area contributed by atoms with E-state index in [9.17, 15) is 4.57 Å². The van der Waals surface area contributed by atoms with Crippen LogP contribution in [0, 0.1) is 0 Å². The van der Waals surface area contributed by atoms with Crippen LogP contribution in [0.15, 0.2) is 15.9 Å². The number of rotatable bonds is 6. The summed E-state index contributed by atoms with van der Waals surface area (Å²) in [5, 5.41) is 1.89. The third kappa shape index (κ3) is 3.39. The molecule has 4 nitrogen and oxygen atoms in total. The van der Waals surface area contributed by atoms with Crippen molar-refractivity contribution in [1.29, 1.82) is 0 Å². The van der Waals surface area contributed by atoms with E-state index in [1.807, 2.05) is 11.4 Å².